The van der Waals surface area contributed by atoms with Gasteiger partial charge in [0.25, 0.3) is 0 Å². The molecule has 13 rings (SSSR count). The normalized spacial score (nSPS) is 25.1. The zero-order valence-electron chi connectivity index (χ0n) is 33.6. The molecular weight excluding hydrogens is 727 g/mol. The lowest BCUT2D eigenvalue weighted by Gasteiger charge is -2.38. The Morgan fingerprint density at radius 3 is 1.95 bits per heavy atom. The molecule has 0 bridgehead atoms. The van der Waals surface area contributed by atoms with Crippen LogP contribution in [0.15, 0.2) is 204 Å². The molecule has 6 aromatic rings. The quantitative estimate of drug-likeness (QED) is 0.180. The van der Waals surface area contributed by atoms with Crippen LogP contribution in [-0.2, 0) is 5.41 Å². The van der Waals surface area contributed by atoms with E-state index in [1.54, 1.807) is 5.57 Å². The molecular formula is C57H43N3. The second-order valence-electron chi connectivity index (χ2n) is 17.7. The molecule has 0 saturated heterocycles. The molecule has 1 spiro atoms. The molecule has 5 unspecified atom stereocenters. The van der Waals surface area contributed by atoms with Gasteiger partial charge in [-0.15, -0.1) is 0 Å². The summed E-state index contributed by atoms with van der Waals surface area (Å²) in [5.41, 5.74) is 20.0. The van der Waals surface area contributed by atoms with Gasteiger partial charge in [-0.2, -0.15) is 5.26 Å². The molecule has 6 aliphatic carbocycles. The fraction of sp³-hybridized carbons (Fsp3) is 0.175. The molecule has 5 atom stereocenters. The average molecular weight is 770 g/mol. The van der Waals surface area contributed by atoms with E-state index < -0.39 is 0 Å². The lowest BCUT2D eigenvalue weighted by atomic mass is 9.68. The number of nitriles is 1. The molecule has 0 fully saturated rings. The summed E-state index contributed by atoms with van der Waals surface area (Å²) in [7, 11) is 0. The number of benzene rings is 5. The van der Waals surface area contributed by atoms with Crippen molar-refractivity contribution in [3.05, 3.63) is 226 Å². The smallest absolute Gasteiger partial charge is 0.0722 e. The van der Waals surface area contributed by atoms with Crippen LogP contribution in [0.5, 0.6) is 0 Å². The fourth-order valence-electron chi connectivity index (χ4n) is 12.6. The Balaban J connectivity index is 0.961. The first kappa shape index (κ1) is 34.0. The van der Waals surface area contributed by atoms with Crippen LogP contribution in [0.4, 0.5) is 0 Å². The van der Waals surface area contributed by atoms with Crippen molar-refractivity contribution in [2.45, 2.75) is 37.6 Å². The first-order valence-electron chi connectivity index (χ1n) is 21.8. The predicted octanol–water partition coefficient (Wildman–Crippen LogP) is 13.1. The summed E-state index contributed by atoms with van der Waals surface area (Å²) in [4.78, 5) is 2.73. The Bertz CT molecular complexity index is 3100. The Morgan fingerprint density at radius 2 is 1.28 bits per heavy atom. The van der Waals surface area contributed by atoms with E-state index in [4.69, 9.17) is 0 Å². The average Bonchev–Trinajstić information content (AvgIpc) is 4.01. The molecule has 7 aliphatic rings. The fourth-order valence-corrected chi connectivity index (χ4v) is 12.6. The van der Waals surface area contributed by atoms with Gasteiger partial charge in [0.2, 0.25) is 0 Å². The van der Waals surface area contributed by atoms with Crippen LogP contribution in [0.2, 0.25) is 0 Å². The Kier molecular flexibility index (Phi) is 7.12. The lowest BCUT2D eigenvalue weighted by Crippen LogP contribution is -2.36. The molecule has 0 N–H and O–H groups in total. The van der Waals surface area contributed by atoms with Crippen molar-refractivity contribution in [1.29, 1.82) is 5.26 Å². The topological polar surface area (TPSA) is 32.0 Å². The number of fused-ring (bicyclic) bond motifs is 15. The number of allylic oxidation sites excluding steroid dienone is 11. The monoisotopic (exact) mass is 769 g/mol. The van der Waals surface area contributed by atoms with Gasteiger partial charge in [-0.3, -0.25) is 0 Å². The van der Waals surface area contributed by atoms with E-state index in [1.807, 2.05) is 0 Å². The summed E-state index contributed by atoms with van der Waals surface area (Å²) in [6.07, 6.45) is 24.4. The highest BCUT2D eigenvalue weighted by Gasteiger charge is 2.57. The second kappa shape index (κ2) is 12.6. The SMILES string of the molecule is CC1CC=CC2=C1C1C=CC3=C(c4ccccc4C34c3ccccc3-c3ccccc34)C1N2C1=CCC(C2=C(n3c4ccccc4c4ccccc43)CC(C#N)C=C2)C=C1. The Hall–Kier alpha value is -6.89. The molecule has 3 nitrogen and oxygen atoms in total. The summed E-state index contributed by atoms with van der Waals surface area (Å²) in [5, 5.41) is 12.7. The number of rotatable bonds is 3. The van der Waals surface area contributed by atoms with E-state index in [-0.39, 0.29) is 29.2 Å². The minimum Gasteiger partial charge on any atom is -0.333 e. The molecule has 1 aromatic heterocycles. The number of aromatic nitrogens is 1. The van der Waals surface area contributed by atoms with E-state index in [1.165, 1.54) is 89.0 Å². The van der Waals surface area contributed by atoms with Crippen molar-refractivity contribution in [3.8, 4) is 17.2 Å². The third-order valence-electron chi connectivity index (χ3n) is 14.9. The highest BCUT2D eigenvalue weighted by molar-refractivity contribution is 6.10. The molecule has 5 aromatic carbocycles. The third-order valence-corrected chi connectivity index (χ3v) is 14.9. The van der Waals surface area contributed by atoms with Crippen LogP contribution in [-0.4, -0.2) is 15.5 Å². The Morgan fingerprint density at radius 1 is 0.650 bits per heavy atom. The molecule has 286 valence electrons. The van der Waals surface area contributed by atoms with Crippen LogP contribution in [0.1, 0.15) is 48.4 Å². The minimum absolute atomic E-state index is 0.145. The summed E-state index contributed by atoms with van der Waals surface area (Å²) < 4.78 is 2.45. The van der Waals surface area contributed by atoms with E-state index in [0.717, 1.165) is 12.8 Å². The summed E-state index contributed by atoms with van der Waals surface area (Å²) in [6, 6.07) is 47.8. The highest BCUT2D eigenvalue weighted by Crippen LogP contribution is 2.66. The Labute approximate surface area is 351 Å². The maximum atomic E-state index is 10.2. The molecule has 0 radical (unpaired) electrons. The summed E-state index contributed by atoms with van der Waals surface area (Å²) >= 11 is 0. The largest absolute Gasteiger partial charge is 0.333 e. The van der Waals surface area contributed by atoms with Crippen molar-refractivity contribution in [3.63, 3.8) is 0 Å². The van der Waals surface area contributed by atoms with Crippen LogP contribution >= 0.6 is 0 Å². The van der Waals surface area contributed by atoms with Gasteiger partial charge in [-0.05, 0) is 98.7 Å². The second-order valence-corrected chi connectivity index (χ2v) is 17.7. The van der Waals surface area contributed by atoms with Crippen LogP contribution < -0.4 is 0 Å². The van der Waals surface area contributed by atoms with Crippen molar-refractivity contribution < 1.29 is 0 Å². The zero-order valence-corrected chi connectivity index (χ0v) is 33.6. The van der Waals surface area contributed by atoms with Crippen molar-refractivity contribution in [2.24, 2.45) is 23.7 Å². The molecule has 60 heavy (non-hydrogen) atoms. The van der Waals surface area contributed by atoms with E-state index in [9.17, 15) is 5.26 Å². The van der Waals surface area contributed by atoms with Crippen molar-refractivity contribution >= 4 is 33.1 Å². The maximum Gasteiger partial charge on any atom is 0.0722 e. The molecule has 2 heterocycles. The molecule has 1 aliphatic heterocycles. The van der Waals surface area contributed by atoms with Gasteiger partial charge in [0.05, 0.1) is 34.5 Å². The molecule has 0 saturated carbocycles. The lowest BCUT2D eigenvalue weighted by molar-refractivity contribution is 0.385. The van der Waals surface area contributed by atoms with Gasteiger partial charge in [0.15, 0.2) is 0 Å². The van der Waals surface area contributed by atoms with E-state index in [0.29, 0.717) is 12.3 Å². The maximum absolute atomic E-state index is 10.2. The van der Waals surface area contributed by atoms with Gasteiger partial charge < -0.3 is 9.47 Å². The van der Waals surface area contributed by atoms with Gasteiger partial charge in [0, 0.05) is 46.1 Å². The summed E-state index contributed by atoms with van der Waals surface area (Å²) in [6.45, 7) is 2.43. The standard InChI is InChI=1S/C57H43N3/c1-35-13-12-24-52-54(35)45-31-32-49-55(44-18-4-9-21-48(44)57(49)46-19-7-2-14-40(46)41-15-3-8-20-47(41)57)56(45)59(52)38-28-26-37(27-29-38)39-30-25-36(34-58)33-53(39)60-50-22-10-5-16-42(50)43-17-6-11-23-51(43)60/h2-12,14-26,28-32,35-37,45,56H,13,27,33H2,1H3. The predicted molar refractivity (Wildman–Crippen MR) is 244 cm³/mol. The first-order valence-corrected chi connectivity index (χ1v) is 21.8. The van der Waals surface area contributed by atoms with Crippen LogP contribution in [0.3, 0.4) is 0 Å². The van der Waals surface area contributed by atoms with Gasteiger partial charge in [-0.25, -0.2) is 0 Å². The molecule has 3 heteroatoms. The first-order chi connectivity index (χ1) is 29.7. The molecule has 0 amide bonds. The van der Waals surface area contributed by atoms with Gasteiger partial charge >= 0.3 is 0 Å². The minimum atomic E-state index is -0.358. The van der Waals surface area contributed by atoms with Crippen molar-refractivity contribution in [1.82, 2.24) is 9.47 Å². The number of para-hydroxylation sites is 2. The van der Waals surface area contributed by atoms with Crippen molar-refractivity contribution in [2.75, 3.05) is 0 Å². The number of hydrogen-bond acceptors (Lipinski definition) is 2. The van der Waals surface area contributed by atoms with Crippen LogP contribution in [0.25, 0.3) is 44.2 Å². The third kappa shape index (κ3) is 4.33. The van der Waals surface area contributed by atoms with E-state index in [2.05, 4.69) is 198 Å². The number of nitrogens with zero attached hydrogens (tertiary/aromatic N) is 3. The summed E-state index contributed by atoms with van der Waals surface area (Å²) in [5.74, 6) is 0.783. The van der Waals surface area contributed by atoms with Gasteiger partial charge in [-0.1, -0.05) is 159 Å². The van der Waals surface area contributed by atoms with Gasteiger partial charge in [0.1, 0.15) is 0 Å². The number of hydrogen-bond donors (Lipinski definition) is 0. The highest BCUT2D eigenvalue weighted by atomic mass is 15.2. The zero-order chi connectivity index (χ0) is 39.7. The van der Waals surface area contributed by atoms with E-state index >= 15 is 0 Å². The van der Waals surface area contributed by atoms with Crippen LogP contribution in [0, 0.1) is 35.0 Å².